The maximum absolute atomic E-state index is 11.2. The van der Waals surface area contributed by atoms with Gasteiger partial charge in [-0.2, -0.15) is 8.42 Å². The van der Waals surface area contributed by atoms with Gasteiger partial charge in [-0.3, -0.25) is 0 Å². The predicted octanol–water partition coefficient (Wildman–Crippen LogP) is 3.56. The molecular weight excluding hydrogens is 280 g/mol. The van der Waals surface area contributed by atoms with Gasteiger partial charge in [-0.05, 0) is 12.8 Å². The maximum atomic E-state index is 11.2. The Morgan fingerprint density at radius 3 is 1.85 bits per heavy atom. The molecule has 0 aliphatic carbocycles. The van der Waals surface area contributed by atoms with Gasteiger partial charge >= 0.3 is 16.6 Å². The number of hydroxylamine groups is 2. The van der Waals surface area contributed by atoms with Crippen molar-refractivity contribution in [3.8, 4) is 0 Å². The Morgan fingerprint density at radius 2 is 1.45 bits per heavy atom. The quantitative estimate of drug-likeness (QED) is 0.431. The van der Waals surface area contributed by atoms with Gasteiger partial charge in [0, 0.05) is 13.1 Å². The summed E-state index contributed by atoms with van der Waals surface area (Å²) in [6.07, 6.45) is 7.50. The molecule has 0 aliphatic rings. The van der Waals surface area contributed by atoms with Gasteiger partial charge in [-0.1, -0.05) is 56.7 Å². The molecule has 0 N–H and O–H groups in total. The third-order valence-electron chi connectivity index (χ3n) is 2.88. The first kappa shape index (κ1) is 19.1. The Kier molecular flexibility index (Phi) is 12.4. The zero-order chi connectivity index (χ0) is 15.2. The van der Waals surface area contributed by atoms with Gasteiger partial charge in [0.2, 0.25) is 0 Å². The molecule has 0 fully saturated rings. The summed E-state index contributed by atoms with van der Waals surface area (Å²) in [5.41, 5.74) is 0. The smallest absolute Gasteiger partial charge is 0.349 e. The van der Waals surface area contributed by atoms with E-state index in [9.17, 15) is 13.2 Å². The Morgan fingerprint density at radius 1 is 0.950 bits per heavy atom. The minimum Gasteiger partial charge on any atom is -0.349 e. The summed E-state index contributed by atoms with van der Waals surface area (Å²) in [4.78, 5) is 16.2. The van der Waals surface area contributed by atoms with E-state index in [4.69, 9.17) is 4.84 Å². The molecule has 0 radical (unpaired) electrons. The fraction of sp³-hybridized carbons (Fsp3) is 0.923. The molecule has 0 bridgehead atoms. The van der Waals surface area contributed by atoms with Crippen LogP contribution < -0.4 is 0 Å². The molecule has 20 heavy (non-hydrogen) atoms. The summed E-state index contributed by atoms with van der Waals surface area (Å²) >= 11 is 0. The highest BCUT2D eigenvalue weighted by Crippen LogP contribution is 2.06. The molecule has 0 spiro atoms. The first-order valence-corrected chi connectivity index (χ1v) is 8.41. The van der Waals surface area contributed by atoms with Crippen LogP contribution in [-0.4, -0.2) is 32.7 Å². The second-order valence-corrected chi connectivity index (χ2v) is 5.33. The number of carbonyl (C=O) groups is 1. The highest BCUT2D eigenvalue weighted by atomic mass is 32.2. The van der Waals surface area contributed by atoms with Gasteiger partial charge in [-0.25, -0.2) is 4.79 Å². The topological polar surface area (TPSA) is 76.0 Å². The van der Waals surface area contributed by atoms with Crippen molar-refractivity contribution < 1.29 is 18.0 Å². The van der Waals surface area contributed by atoms with Gasteiger partial charge in [0.05, 0.1) is 0 Å². The van der Waals surface area contributed by atoms with Crippen LogP contribution in [0.4, 0.5) is 4.79 Å². The summed E-state index contributed by atoms with van der Waals surface area (Å²) in [5.74, 6) is 0. The second kappa shape index (κ2) is 13.1. The predicted molar refractivity (Wildman–Crippen MR) is 77.7 cm³/mol. The van der Waals surface area contributed by atoms with Crippen molar-refractivity contribution in [3.63, 3.8) is 0 Å². The van der Waals surface area contributed by atoms with E-state index in [1.54, 1.807) is 0 Å². The molecular formula is C13H26N2O4S. The molecule has 0 unspecified atom stereocenters. The van der Waals surface area contributed by atoms with E-state index in [-0.39, 0.29) is 0 Å². The summed E-state index contributed by atoms with van der Waals surface area (Å²) in [6, 6.07) is 0. The van der Waals surface area contributed by atoms with Crippen LogP contribution in [-0.2, 0) is 15.3 Å². The number of amides is 1. The second-order valence-electron chi connectivity index (χ2n) is 4.72. The van der Waals surface area contributed by atoms with Gasteiger partial charge in [0.1, 0.15) is 0 Å². The number of rotatable bonds is 11. The van der Waals surface area contributed by atoms with Gasteiger partial charge in [0.25, 0.3) is 0 Å². The zero-order valence-corrected chi connectivity index (χ0v) is 13.3. The lowest BCUT2D eigenvalue weighted by Crippen LogP contribution is -2.28. The van der Waals surface area contributed by atoms with Crippen molar-refractivity contribution in [2.75, 3.05) is 13.1 Å². The molecule has 0 aromatic rings. The monoisotopic (exact) mass is 306 g/mol. The van der Waals surface area contributed by atoms with E-state index in [2.05, 4.69) is 18.2 Å². The summed E-state index contributed by atoms with van der Waals surface area (Å²) < 4.78 is 23.4. The van der Waals surface area contributed by atoms with Crippen LogP contribution in [0.5, 0.6) is 0 Å². The van der Waals surface area contributed by atoms with Crippen LogP contribution in [0.25, 0.3) is 0 Å². The van der Waals surface area contributed by atoms with Crippen LogP contribution in [0.1, 0.15) is 65.2 Å². The van der Waals surface area contributed by atoms with E-state index in [1.807, 2.05) is 0 Å². The van der Waals surface area contributed by atoms with Crippen molar-refractivity contribution in [2.24, 2.45) is 4.36 Å². The Balaban J connectivity index is 4.15. The average molecular weight is 306 g/mol. The number of carbonyl (C=O) groups excluding carboxylic acids is 1. The van der Waals surface area contributed by atoms with E-state index in [0.29, 0.717) is 13.1 Å². The van der Waals surface area contributed by atoms with E-state index >= 15 is 0 Å². The molecule has 0 atom stereocenters. The van der Waals surface area contributed by atoms with Gasteiger partial charge < -0.3 is 4.84 Å². The molecule has 1 amide bonds. The molecule has 0 heterocycles. The zero-order valence-electron chi connectivity index (χ0n) is 12.5. The van der Waals surface area contributed by atoms with Crippen molar-refractivity contribution in [3.05, 3.63) is 0 Å². The van der Waals surface area contributed by atoms with Crippen molar-refractivity contribution in [2.45, 2.75) is 65.2 Å². The standard InChI is InChI=1S/C13H26N2O4S/c1-3-5-7-9-11-15(12-10-8-6-4-2)19-13(16)14-20(17)18/h3-12H2,1-2H3. The van der Waals surface area contributed by atoms with E-state index in [1.165, 1.54) is 5.06 Å². The van der Waals surface area contributed by atoms with Crippen LogP contribution in [0.15, 0.2) is 4.36 Å². The number of hydrogen-bond acceptors (Lipinski definition) is 5. The molecule has 6 nitrogen and oxygen atoms in total. The molecule has 0 saturated carbocycles. The molecule has 0 aliphatic heterocycles. The van der Waals surface area contributed by atoms with E-state index < -0.39 is 16.6 Å². The largest absolute Gasteiger partial charge is 0.467 e. The molecule has 118 valence electrons. The summed E-state index contributed by atoms with van der Waals surface area (Å²) in [6.45, 7) is 5.51. The lowest BCUT2D eigenvalue weighted by Gasteiger charge is -2.19. The van der Waals surface area contributed by atoms with E-state index in [0.717, 1.165) is 51.4 Å². The third-order valence-corrected chi connectivity index (χ3v) is 3.18. The van der Waals surface area contributed by atoms with Crippen LogP contribution in [0, 0.1) is 0 Å². The first-order valence-electron chi connectivity index (χ1n) is 7.38. The number of hydrogen-bond donors (Lipinski definition) is 0. The molecule has 7 heteroatoms. The third kappa shape index (κ3) is 12.1. The minimum atomic E-state index is -2.76. The van der Waals surface area contributed by atoms with Crippen molar-refractivity contribution in [1.82, 2.24) is 5.06 Å². The highest BCUT2D eigenvalue weighted by Gasteiger charge is 2.11. The average Bonchev–Trinajstić information content (AvgIpc) is 2.38. The van der Waals surface area contributed by atoms with Crippen molar-refractivity contribution >= 4 is 16.6 Å². The Bertz CT molecular complexity index is 362. The Labute approximate surface area is 123 Å². The highest BCUT2D eigenvalue weighted by molar-refractivity contribution is 7.62. The number of nitrogens with zero attached hydrogens (tertiary/aromatic N) is 2. The lowest BCUT2D eigenvalue weighted by molar-refractivity contribution is -0.0972. The van der Waals surface area contributed by atoms with Crippen LogP contribution in [0.3, 0.4) is 0 Å². The SMILES string of the molecule is CCCCCCN(CCCCCC)OC(=O)N=S(=O)=O. The summed E-state index contributed by atoms with van der Waals surface area (Å²) in [7, 11) is -2.76. The summed E-state index contributed by atoms with van der Waals surface area (Å²) in [5, 5.41) is 1.53. The fourth-order valence-electron chi connectivity index (χ4n) is 1.82. The molecule has 0 aromatic carbocycles. The lowest BCUT2D eigenvalue weighted by atomic mass is 10.2. The van der Waals surface area contributed by atoms with Gasteiger partial charge in [0.15, 0.2) is 0 Å². The van der Waals surface area contributed by atoms with Crippen molar-refractivity contribution in [1.29, 1.82) is 0 Å². The Hall–Kier alpha value is -0.950. The van der Waals surface area contributed by atoms with Gasteiger partial charge in [-0.15, -0.1) is 5.06 Å². The molecule has 0 aromatic heterocycles. The maximum Gasteiger partial charge on any atom is 0.467 e. The molecule has 0 rings (SSSR count). The van der Waals surface area contributed by atoms with Crippen LogP contribution in [0.2, 0.25) is 0 Å². The van der Waals surface area contributed by atoms with Crippen LogP contribution >= 0.6 is 0 Å². The number of unbranched alkanes of at least 4 members (excludes halogenated alkanes) is 6. The fourth-order valence-corrected chi connectivity index (χ4v) is 1.98. The minimum absolute atomic E-state index is 0.624. The molecule has 0 saturated heterocycles. The first-order chi connectivity index (χ1) is 9.60. The normalized spacial score (nSPS) is 10.6.